The summed E-state index contributed by atoms with van der Waals surface area (Å²) >= 11 is 5.81. The Bertz CT molecular complexity index is 574. The van der Waals surface area contributed by atoms with Crippen LogP contribution in [-0.2, 0) is 6.54 Å². The van der Waals surface area contributed by atoms with Crippen molar-refractivity contribution >= 4 is 38.5 Å². The summed E-state index contributed by atoms with van der Waals surface area (Å²) in [6.45, 7) is 3.99. The Morgan fingerprint density at radius 2 is 2.05 bits per heavy atom. The molecule has 0 aliphatic rings. The van der Waals surface area contributed by atoms with E-state index in [0.717, 1.165) is 41.0 Å². The molecule has 0 fully saturated rings. The van der Waals surface area contributed by atoms with E-state index in [1.165, 1.54) is 3.57 Å². The molecule has 0 saturated carbocycles. The molecule has 0 bridgehead atoms. The van der Waals surface area contributed by atoms with Gasteiger partial charge >= 0.3 is 0 Å². The largest absolute Gasteiger partial charge is 0.457 e. The van der Waals surface area contributed by atoms with Gasteiger partial charge < -0.3 is 10.1 Å². The van der Waals surface area contributed by atoms with Crippen LogP contribution in [0.1, 0.15) is 18.9 Å². The average Bonchev–Trinajstić information content (AvgIpc) is 2.42. The van der Waals surface area contributed by atoms with Crippen LogP contribution in [0.3, 0.4) is 0 Å². The van der Waals surface area contributed by atoms with E-state index >= 15 is 0 Å². The van der Waals surface area contributed by atoms with Crippen molar-refractivity contribution in [3.8, 4) is 11.5 Å². The number of nitrogens with one attached hydrogen (secondary N) is 1. The Morgan fingerprint density at radius 1 is 1.20 bits per heavy atom. The van der Waals surface area contributed by atoms with Crippen LogP contribution in [0.4, 0.5) is 0 Å². The van der Waals surface area contributed by atoms with E-state index in [2.05, 4.69) is 62.9 Å². The first kappa shape index (κ1) is 15.8. The number of benzene rings is 2. The lowest BCUT2D eigenvalue weighted by molar-refractivity contribution is 0.472. The number of ether oxygens (including phenoxy) is 1. The Morgan fingerprint density at radius 3 is 2.80 bits per heavy atom. The van der Waals surface area contributed by atoms with Crippen LogP contribution in [0.5, 0.6) is 11.5 Å². The van der Waals surface area contributed by atoms with Gasteiger partial charge in [-0.15, -0.1) is 0 Å². The molecule has 2 rings (SSSR count). The third kappa shape index (κ3) is 4.75. The molecule has 2 aromatic rings. The molecule has 2 aromatic carbocycles. The third-order valence-electron chi connectivity index (χ3n) is 2.79. The van der Waals surface area contributed by atoms with Crippen LogP contribution >= 0.6 is 38.5 Å². The molecule has 0 atom stereocenters. The zero-order chi connectivity index (χ0) is 14.4. The second-order valence-electron chi connectivity index (χ2n) is 4.49. The number of halogens is 2. The number of hydrogen-bond acceptors (Lipinski definition) is 2. The molecular weight excluding hydrogens is 429 g/mol. The van der Waals surface area contributed by atoms with Crippen molar-refractivity contribution in [3.05, 3.63) is 56.1 Å². The molecular formula is C16H17BrINO. The van der Waals surface area contributed by atoms with Gasteiger partial charge in [0.25, 0.3) is 0 Å². The molecule has 0 aromatic heterocycles. The van der Waals surface area contributed by atoms with Crippen LogP contribution < -0.4 is 10.1 Å². The van der Waals surface area contributed by atoms with Gasteiger partial charge in [-0.1, -0.05) is 28.9 Å². The van der Waals surface area contributed by atoms with Gasteiger partial charge in [-0.3, -0.25) is 0 Å². The molecule has 20 heavy (non-hydrogen) atoms. The van der Waals surface area contributed by atoms with Crippen molar-refractivity contribution in [2.75, 3.05) is 6.54 Å². The molecule has 0 aliphatic carbocycles. The Hall–Kier alpha value is -0.590. The fourth-order valence-electron chi connectivity index (χ4n) is 1.84. The second kappa shape index (κ2) is 8.00. The van der Waals surface area contributed by atoms with Crippen molar-refractivity contribution in [1.29, 1.82) is 0 Å². The summed E-state index contributed by atoms with van der Waals surface area (Å²) in [4.78, 5) is 0. The molecule has 4 heteroatoms. The van der Waals surface area contributed by atoms with E-state index in [1.54, 1.807) is 0 Å². The minimum Gasteiger partial charge on any atom is -0.457 e. The quantitative estimate of drug-likeness (QED) is 0.478. The fourth-order valence-corrected chi connectivity index (χ4v) is 2.77. The molecule has 0 heterocycles. The molecule has 106 valence electrons. The summed E-state index contributed by atoms with van der Waals surface area (Å²) in [7, 11) is 0. The molecule has 0 aliphatic heterocycles. The first-order valence-corrected chi connectivity index (χ1v) is 8.49. The van der Waals surface area contributed by atoms with E-state index in [9.17, 15) is 0 Å². The summed E-state index contributed by atoms with van der Waals surface area (Å²) in [6, 6.07) is 14.2. The van der Waals surface area contributed by atoms with Crippen molar-refractivity contribution in [2.24, 2.45) is 0 Å². The zero-order valence-electron chi connectivity index (χ0n) is 11.3. The normalized spacial score (nSPS) is 10.6. The molecule has 0 amide bonds. The molecule has 1 N–H and O–H groups in total. The molecule has 0 saturated heterocycles. The smallest absolute Gasteiger partial charge is 0.131 e. The van der Waals surface area contributed by atoms with Gasteiger partial charge in [-0.25, -0.2) is 0 Å². The van der Waals surface area contributed by atoms with Gasteiger partial charge in [0.1, 0.15) is 11.5 Å². The highest BCUT2D eigenvalue weighted by Crippen LogP contribution is 2.28. The summed E-state index contributed by atoms with van der Waals surface area (Å²) < 4.78 is 8.25. The van der Waals surface area contributed by atoms with Gasteiger partial charge in [0.2, 0.25) is 0 Å². The SMILES string of the molecule is CCCNCc1cc(Br)ccc1Oc1cccc(I)c1. The summed E-state index contributed by atoms with van der Waals surface area (Å²) in [5.74, 6) is 1.77. The predicted molar refractivity (Wildman–Crippen MR) is 95.4 cm³/mol. The molecule has 2 nitrogen and oxygen atoms in total. The van der Waals surface area contributed by atoms with E-state index in [0.29, 0.717) is 0 Å². The summed E-state index contributed by atoms with van der Waals surface area (Å²) in [6.07, 6.45) is 1.13. The number of hydrogen-bond donors (Lipinski definition) is 1. The second-order valence-corrected chi connectivity index (χ2v) is 6.65. The van der Waals surface area contributed by atoms with Crippen LogP contribution in [-0.4, -0.2) is 6.54 Å². The maximum atomic E-state index is 6.01. The average molecular weight is 446 g/mol. The summed E-state index contributed by atoms with van der Waals surface area (Å²) in [5.41, 5.74) is 1.16. The Labute approximate surface area is 142 Å². The minimum absolute atomic E-state index is 0.812. The van der Waals surface area contributed by atoms with E-state index < -0.39 is 0 Å². The minimum atomic E-state index is 0.812. The van der Waals surface area contributed by atoms with Gasteiger partial charge in [-0.2, -0.15) is 0 Å². The van der Waals surface area contributed by atoms with E-state index in [1.807, 2.05) is 30.3 Å². The van der Waals surface area contributed by atoms with Crippen LogP contribution in [0.25, 0.3) is 0 Å². The van der Waals surface area contributed by atoms with Crippen molar-refractivity contribution in [1.82, 2.24) is 5.32 Å². The van der Waals surface area contributed by atoms with E-state index in [4.69, 9.17) is 4.74 Å². The monoisotopic (exact) mass is 445 g/mol. The molecule has 0 unspecified atom stereocenters. The maximum absolute atomic E-state index is 6.01. The van der Waals surface area contributed by atoms with Crippen molar-refractivity contribution in [2.45, 2.75) is 19.9 Å². The standard InChI is InChI=1S/C16H17BrINO/c1-2-8-19-11-12-9-13(17)6-7-16(12)20-15-5-3-4-14(18)10-15/h3-7,9-10,19H,2,8,11H2,1H3. The van der Waals surface area contributed by atoms with Gasteiger partial charge in [0, 0.05) is 20.2 Å². The van der Waals surface area contributed by atoms with Gasteiger partial charge in [0.15, 0.2) is 0 Å². The van der Waals surface area contributed by atoms with Gasteiger partial charge in [-0.05, 0) is 72.0 Å². The topological polar surface area (TPSA) is 21.3 Å². The summed E-state index contributed by atoms with van der Waals surface area (Å²) in [5, 5.41) is 3.41. The Kier molecular flexibility index (Phi) is 6.32. The first-order chi connectivity index (χ1) is 9.69. The lowest BCUT2D eigenvalue weighted by atomic mass is 10.2. The van der Waals surface area contributed by atoms with Crippen molar-refractivity contribution in [3.63, 3.8) is 0 Å². The van der Waals surface area contributed by atoms with Crippen LogP contribution in [0.15, 0.2) is 46.9 Å². The highest BCUT2D eigenvalue weighted by molar-refractivity contribution is 14.1. The van der Waals surface area contributed by atoms with E-state index in [-0.39, 0.29) is 0 Å². The predicted octanol–water partition coefficient (Wildman–Crippen LogP) is 5.35. The molecule has 0 radical (unpaired) electrons. The fraction of sp³-hybridized carbons (Fsp3) is 0.250. The number of rotatable bonds is 6. The highest BCUT2D eigenvalue weighted by atomic mass is 127. The third-order valence-corrected chi connectivity index (χ3v) is 3.95. The lowest BCUT2D eigenvalue weighted by Gasteiger charge is -2.12. The van der Waals surface area contributed by atoms with Crippen molar-refractivity contribution < 1.29 is 4.74 Å². The van der Waals surface area contributed by atoms with Crippen LogP contribution in [0.2, 0.25) is 0 Å². The Balaban J connectivity index is 2.17. The maximum Gasteiger partial charge on any atom is 0.131 e. The van der Waals surface area contributed by atoms with Crippen LogP contribution in [0, 0.1) is 3.57 Å². The highest BCUT2D eigenvalue weighted by Gasteiger charge is 2.06. The zero-order valence-corrected chi connectivity index (χ0v) is 15.1. The first-order valence-electron chi connectivity index (χ1n) is 6.61. The van der Waals surface area contributed by atoms with Gasteiger partial charge in [0.05, 0.1) is 0 Å². The lowest BCUT2D eigenvalue weighted by Crippen LogP contribution is -2.14. The molecule has 0 spiro atoms.